The SMILES string of the molecule is C#Cc1cc(F)c(NCc2nc(CS(C)(=O)=O)no2)c(F)c1. The molecule has 0 saturated carbocycles. The van der Waals surface area contributed by atoms with Crippen LogP contribution in [0.5, 0.6) is 0 Å². The number of rotatable bonds is 5. The molecule has 2 aromatic rings. The van der Waals surface area contributed by atoms with E-state index >= 15 is 0 Å². The van der Waals surface area contributed by atoms with Crippen molar-refractivity contribution >= 4 is 15.5 Å². The second-order valence-corrected chi connectivity index (χ2v) is 6.63. The third-order valence-corrected chi connectivity index (χ3v) is 3.31. The molecule has 0 amide bonds. The predicted molar refractivity (Wildman–Crippen MR) is 74.5 cm³/mol. The molecule has 0 atom stereocenters. The van der Waals surface area contributed by atoms with E-state index in [-0.39, 0.29) is 35.3 Å². The van der Waals surface area contributed by atoms with Crippen LogP contribution in [0.4, 0.5) is 14.5 Å². The summed E-state index contributed by atoms with van der Waals surface area (Å²) in [6.45, 7) is -0.167. The van der Waals surface area contributed by atoms with Crippen LogP contribution in [0.3, 0.4) is 0 Å². The maximum Gasteiger partial charge on any atom is 0.245 e. The minimum Gasteiger partial charge on any atom is -0.371 e. The molecular formula is C13H11F2N3O3S. The summed E-state index contributed by atoms with van der Waals surface area (Å²) >= 11 is 0. The lowest BCUT2D eigenvalue weighted by molar-refractivity contribution is 0.378. The fourth-order valence-electron chi connectivity index (χ4n) is 1.64. The second-order valence-electron chi connectivity index (χ2n) is 4.49. The number of terminal acetylenes is 1. The zero-order chi connectivity index (χ0) is 16.3. The Hall–Kier alpha value is -2.47. The van der Waals surface area contributed by atoms with Crippen LogP contribution in [0.15, 0.2) is 16.7 Å². The van der Waals surface area contributed by atoms with Crippen LogP contribution in [0.1, 0.15) is 17.3 Å². The van der Waals surface area contributed by atoms with Crippen molar-refractivity contribution in [2.24, 2.45) is 0 Å². The van der Waals surface area contributed by atoms with Crippen molar-refractivity contribution in [1.29, 1.82) is 0 Å². The lowest BCUT2D eigenvalue weighted by Crippen LogP contribution is -2.06. The highest BCUT2D eigenvalue weighted by Crippen LogP contribution is 2.21. The number of sulfone groups is 1. The molecule has 1 N–H and O–H groups in total. The number of aromatic nitrogens is 2. The summed E-state index contributed by atoms with van der Waals surface area (Å²) in [5.41, 5.74) is -0.310. The van der Waals surface area contributed by atoms with Crippen molar-refractivity contribution in [1.82, 2.24) is 10.1 Å². The number of benzene rings is 1. The molecule has 0 unspecified atom stereocenters. The molecule has 1 aromatic carbocycles. The lowest BCUT2D eigenvalue weighted by Gasteiger charge is -2.07. The molecule has 2 rings (SSSR count). The Kier molecular flexibility index (Phi) is 4.42. The molecule has 0 saturated heterocycles. The number of nitrogens with one attached hydrogen (secondary N) is 1. The summed E-state index contributed by atoms with van der Waals surface area (Å²) in [6, 6.07) is 2.02. The first kappa shape index (κ1) is 15.9. The number of hydrogen-bond donors (Lipinski definition) is 1. The molecular weight excluding hydrogens is 316 g/mol. The molecule has 6 nitrogen and oxygen atoms in total. The highest BCUT2D eigenvalue weighted by Gasteiger charge is 2.14. The van der Waals surface area contributed by atoms with Crippen LogP contribution in [-0.2, 0) is 22.1 Å². The van der Waals surface area contributed by atoms with Gasteiger partial charge in [-0.3, -0.25) is 0 Å². The minimum atomic E-state index is -3.30. The van der Waals surface area contributed by atoms with Gasteiger partial charge in [0.1, 0.15) is 11.4 Å². The molecule has 9 heteroatoms. The number of hydrogen-bond acceptors (Lipinski definition) is 6. The van der Waals surface area contributed by atoms with Crippen LogP contribution < -0.4 is 5.32 Å². The van der Waals surface area contributed by atoms with Gasteiger partial charge in [0.2, 0.25) is 5.89 Å². The third-order valence-electron chi connectivity index (χ3n) is 2.53. The van der Waals surface area contributed by atoms with Gasteiger partial charge in [-0.1, -0.05) is 11.1 Å². The fraction of sp³-hybridized carbons (Fsp3) is 0.231. The Balaban J connectivity index is 2.10. The maximum absolute atomic E-state index is 13.7. The van der Waals surface area contributed by atoms with Crippen molar-refractivity contribution in [3.63, 3.8) is 0 Å². The molecule has 0 aliphatic rings. The van der Waals surface area contributed by atoms with Gasteiger partial charge in [0.05, 0.1) is 6.54 Å². The van der Waals surface area contributed by atoms with Crippen LogP contribution >= 0.6 is 0 Å². The molecule has 0 aliphatic heterocycles. The molecule has 116 valence electrons. The van der Waals surface area contributed by atoms with E-state index in [1.54, 1.807) is 0 Å². The Bertz CT molecular complexity index is 817. The highest BCUT2D eigenvalue weighted by molar-refractivity contribution is 7.89. The molecule has 1 aromatic heterocycles. The largest absolute Gasteiger partial charge is 0.371 e. The first-order valence-corrected chi connectivity index (χ1v) is 8.03. The molecule has 0 bridgehead atoms. The van der Waals surface area contributed by atoms with Gasteiger partial charge in [0, 0.05) is 11.8 Å². The average Bonchev–Trinajstić information content (AvgIpc) is 2.82. The zero-order valence-corrected chi connectivity index (χ0v) is 12.2. The molecule has 1 heterocycles. The Morgan fingerprint density at radius 3 is 2.55 bits per heavy atom. The summed E-state index contributed by atoms with van der Waals surface area (Å²) in [5.74, 6) is 0.00865. The van der Waals surface area contributed by atoms with E-state index in [4.69, 9.17) is 10.9 Å². The van der Waals surface area contributed by atoms with Crippen molar-refractivity contribution in [2.75, 3.05) is 11.6 Å². The monoisotopic (exact) mass is 327 g/mol. The van der Waals surface area contributed by atoms with Gasteiger partial charge < -0.3 is 9.84 Å². The van der Waals surface area contributed by atoms with Crippen molar-refractivity contribution in [2.45, 2.75) is 12.3 Å². The number of nitrogens with zero attached hydrogens (tertiary/aromatic N) is 2. The number of halogens is 2. The normalized spacial score (nSPS) is 11.2. The predicted octanol–water partition coefficient (Wildman–Crippen LogP) is 1.49. The Morgan fingerprint density at radius 2 is 2.00 bits per heavy atom. The van der Waals surface area contributed by atoms with Gasteiger partial charge in [-0.2, -0.15) is 4.98 Å². The average molecular weight is 327 g/mol. The summed E-state index contributed by atoms with van der Waals surface area (Å²) in [7, 11) is -3.30. The van der Waals surface area contributed by atoms with E-state index in [1.165, 1.54) is 0 Å². The molecule has 0 spiro atoms. The van der Waals surface area contributed by atoms with Crippen LogP contribution in [0.25, 0.3) is 0 Å². The van der Waals surface area contributed by atoms with Crippen LogP contribution in [0, 0.1) is 24.0 Å². The standard InChI is InChI=1S/C13H11F2N3O3S/c1-3-8-4-9(14)13(10(15)5-8)16-6-12-17-11(18-21-12)7-22(2,19)20/h1,4-5,16H,6-7H2,2H3. The van der Waals surface area contributed by atoms with E-state index in [9.17, 15) is 17.2 Å². The molecule has 22 heavy (non-hydrogen) atoms. The van der Waals surface area contributed by atoms with E-state index in [0.717, 1.165) is 18.4 Å². The zero-order valence-electron chi connectivity index (χ0n) is 11.4. The maximum atomic E-state index is 13.7. The van der Waals surface area contributed by atoms with E-state index in [2.05, 4.69) is 21.4 Å². The highest BCUT2D eigenvalue weighted by atomic mass is 32.2. The van der Waals surface area contributed by atoms with Gasteiger partial charge in [0.25, 0.3) is 0 Å². The van der Waals surface area contributed by atoms with Crippen LogP contribution in [-0.4, -0.2) is 24.8 Å². The number of anilines is 1. The van der Waals surface area contributed by atoms with Crippen LogP contribution in [0.2, 0.25) is 0 Å². The summed E-state index contributed by atoms with van der Waals surface area (Å²) in [5, 5.41) is 5.93. The van der Waals surface area contributed by atoms with Crippen molar-refractivity contribution < 1.29 is 21.7 Å². The van der Waals surface area contributed by atoms with Gasteiger partial charge in [0.15, 0.2) is 27.3 Å². The van der Waals surface area contributed by atoms with Gasteiger partial charge in [-0.15, -0.1) is 6.42 Å². The Labute approximate surface area is 125 Å². The Morgan fingerprint density at radius 1 is 1.36 bits per heavy atom. The van der Waals surface area contributed by atoms with Gasteiger partial charge in [-0.25, -0.2) is 17.2 Å². The van der Waals surface area contributed by atoms with Gasteiger partial charge >= 0.3 is 0 Å². The van der Waals surface area contributed by atoms with E-state index in [0.29, 0.717) is 0 Å². The first-order chi connectivity index (χ1) is 10.3. The minimum absolute atomic E-state index is 0.00141. The third kappa shape index (κ3) is 4.02. The lowest BCUT2D eigenvalue weighted by atomic mass is 10.2. The molecule has 0 aliphatic carbocycles. The summed E-state index contributed by atoms with van der Waals surface area (Å²) in [4.78, 5) is 3.81. The topological polar surface area (TPSA) is 85.1 Å². The molecule has 0 fully saturated rings. The van der Waals surface area contributed by atoms with Gasteiger partial charge in [-0.05, 0) is 12.1 Å². The smallest absolute Gasteiger partial charge is 0.245 e. The summed E-state index contributed by atoms with van der Waals surface area (Å²) in [6.07, 6.45) is 6.10. The van der Waals surface area contributed by atoms with Crippen molar-refractivity contribution in [3.8, 4) is 12.3 Å². The quantitative estimate of drug-likeness (QED) is 0.838. The summed E-state index contributed by atoms with van der Waals surface area (Å²) < 4.78 is 54.3. The second kappa shape index (κ2) is 6.11. The van der Waals surface area contributed by atoms with E-state index in [1.807, 2.05) is 0 Å². The van der Waals surface area contributed by atoms with Crippen molar-refractivity contribution in [3.05, 3.63) is 41.0 Å². The molecule has 0 radical (unpaired) electrons. The first-order valence-electron chi connectivity index (χ1n) is 5.97. The van der Waals surface area contributed by atoms with E-state index < -0.39 is 21.5 Å². The fourth-order valence-corrected chi connectivity index (χ4v) is 2.23.